The fraction of sp³-hybridized carbons (Fsp3) is 0.385. The van der Waals surface area contributed by atoms with Gasteiger partial charge in [-0.25, -0.2) is 4.68 Å². The highest BCUT2D eigenvalue weighted by molar-refractivity contribution is 5.85. The fourth-order valence-corrected chi connectivity index (χ4v) is 2.38. The highest BCUT2D eigenvalue weighted by Crippen LogP contribution is 2.29. The minimum atomic E-state index is -4.45. The molecule has 0 aliphatic heterocycles. The Kier molecular flexibility index (Phi) is 4.25. The lowest BCUT2D eigenvalue weighted by Crippen LogP contribution is -2.27. The standard InChI is InChI=1S/C13H13F3N4.ClH/c14-13(15,16)12-6-10(3-4-18-12)20-7-8-5-9(17)1-2-11(8)19-20;/h3-4,6-7,9H,1-2,5,17H2;1H/t9-;/m1./s1. The van der Waals surface area contributed by atoms with Gasteiger partial charge < -0.3 is 5.73 Å². The predicted octanol–water partition coefficient (Wildman–Crippen LogP) is 2.52. The van der Waals surface area contributed by atoms with Crippen molar-refractivity contribution in [3.8, 4) is 5.69 Å². The molecule has 1 atom stereocenters. The molecule has 0 saturated heterocycles. The molecule has 0 aromatic carbocycles. The molecule has 0 fully saturated rings. The van der Waals surface area contributed by atoms with E-state index in [0.29, 0.717) is 12.1 Å². The van der Waals surface area contributed by atoms with Crippen LogP contribution in [0.25, 0.3) is 5.69 Å². The van der Waals surface area contributed by atoms with E-state index in [1.807, 2.05) is 0 Å². The molecule has 0 unspecified atom stereocenters. The van der Waals surface area contributed by atoms with Crippen molar-refractivity contribution >= 4 is 12.4 Å². The van der Waals surface area contributed by atoms with E-state index in [4.69, 9.17) is 5.73 Å². The molecule has 8 heteroatoms. The maximum atomic E-state index is 12.7. The van der Waals surface area contributed by atoms with Crippen LogP contribution in [-0.2, 0) is 19.0 Å². The van der Waals surface area contributed by atoms with Crippen LogP contribution in [0.2, 0.25) is 0 Å². The summed E-state index contributed by atoms with van der Waals surface area (Å²) < 4.78 is 39.4. The van der Waals surface area contributed by atoms with Crippen molar-refractivity contribution in [3.05, 3.63) is 41.5 Å². The second-order valence-corrected chi connectivity index (χ2v) is 4.95. The third kappa shape index (κ3) is 3.19. The van der Waals surface area contributed by atoms with Gasteiger partial charge in [-0.2, -0.15) is 18.3 Å². The van der Waals surface area contributed by atoms with Crippen molar-refractivity contribution in [1.29, 1.82) is 0 Å². The average molecular weight is 319 g/mol. The van der Waals surface area contributed by atoms with Gasteiger partial charge in [-0.3, -0.25) is 4.98 Å². The molecular weight excluding hydrogens is 305 g/mol. The third-order valence-corrected chi connectivity index (χ3v) is 3.41. The topological polar surface area (TPSA) is 56.7 Å². The van der Waals surface area contributed by atoms with E-state index >= 15 is 0 Å². The maximum Gasteiger partial charge on any atom is 0.433 e. The Labute approximate surface area is 125 Å². The lowest BCUT2D eigenvalue weighted by Gasteiger charge is -2.15. The van der Waals surface area contributed by atoms with Crippen LogP contribution in [-0.4, -0.2) is 20.8 Å². The van der Waals surface area contributed by atoms with E-state index in [9.17, 15) is 13.2 Å². The Balaban J connectivity index is 0.00000161. The average Bonchev–Trinajstić information content (AvgIpc) is 2.81. The van der Waals surface area contributed by atoms with Gasteiger partial charge in [0.2, 0.25) is 0 Å². The van der Waals surface area contributed by atoms with Crippen LogP contribution in [0.3, 0.4) is 0 Å². The number of aromatic nitrogens is 3. The molecule has 3 rings (SSSR count). The van der Waals surface area contributed by atoms with Crippen LogP contribution in [0.4, 0.5) is 13.2 Å². The SMILES string of the molecule is Cl.N[C@@H]1CCc2nn(-c3ccnc(C(F)(F)F)c3)cc2C1. The van der Waals surface area contributed by atoms with Crippen molar-refractivity contribution in [2.24, 2.45) is 5.73 Å². The normalized spacial score (nSPS) is 18.0. The van der Waals surface area contributed by atoms with Crippen molar-refractivity contribution in [1.82, 2.24) is 14.8 Å². The Morgan fingerprint density at radius 3 is 2.81 bits per heavy atom. The number of hydrogen-bond acceptors (Lipinski definition) is 3. The van der Waals surface area contributed by atoms with E-state index < -0.39 is 11.9 Å². The largest absolute Gasteiger partial charge is 0.433 e. The van der Waals surface area contributed by atoms with Crippen LogP contribution in [0.1, 0.15) is 23.4 Å². The second-order valence-electron chi connectivity index (χ2n) is 4.95. The summed E-state index contributed by atoms with van der Waals surface area (Å²) in [6.45, 7) is 0. The summed E-state index contributed by atoms with van der Waals surface area (Å²) in [7, 11) is 0. The Morgan fingerprint density at radius 2 is 2.10 bits per heavy atom. The molecule has 0 radical (unpaired) electrons. The quantitative estimate of drug-likeness (QED) is 0.879. The van der Waals surface area contributed by atoms with E-state index in [0.717, 1.165) is 36.4 Å². The zero-order valence-electron chi connectivity index (χ0n) is 11.0. The Morgan fingerprint density at radius 1 is 1.33 bits per heavy atom. The first-order chi connectivity index (χ1) is 9.43. The zero-order chi connectivity index (χ0) is 14.3. The molecule has 0 spiro atoms. The van der Waals surface area contributed by atoms with Gasteiger partial charge in [0.15, 0.2) is 0 Å². The van der Waals surface area contributed by atoms with Gasteiger partial charge >= 0.3 is 6.18 Å². The number of nitrogens with two attached hydrogens (primary N) is 1. The molecule has 0 bridgehead atoms. The third-order valence-electron chi connectivity index (χ3n) is 3.41. The molecular formula is C13H14ClF3N4. The monoisotopic (exact) mass is 318 g/mol. The van der Waals surface area contributed by atoms with Crippen LogP contribution < -0.4 is 5.73 Å². The lowest BCUT2D eigenvalue weighted by atomic mass is 9.94. The minimum absolute atomic E-state index is 0. The van der Waals surface area contributed by atoms with Crippen LogP contribution >= 0.6 is 12.4 Å². The maximum absolute atomic E-state index is 12.7. The van der Waals surface area contributed by atoms with Crippen LogP contribution in [0.5, 0.6) is 0 Å². The molecule has 21 heavy (non-hydrogen) atoms. The molecule has 2 heterocycles. The number of halogens is 4. The number of nitrogens with zero attached hydrogens (tertiary/aromatic N) is 3. The smallest absolute Gasteiger partial charge is 0.327 e. The molecule has 2 aromatic rings. The van der Waals surface area contributed by atoms with E-state index in [1.54, 1.807) is 6.20 Å². The Hall–Kier alpha value is -1.60. The molecule has 114 valence electrons. The number of rotatable bonds is 1. The summed E-state index contributed by atoms with van der Waals surface area (Å²) in [5.74, 6) is 0. The first-order valence-electron chi connectivity index (χ1n) is 6.30. The molecule has 4 nitrogen and oxygen atoms in total. The summed E-state index contributed by atoms with van der Waals surface area (Å²) in [6, 6.07) is 2.61. The van der Waals surface area contributed by atoms with Crippen LogP contribution in [0, 0.1) is 0 Å². The molecule has 0 saturated carbocycles. The van der Waals surface area contributed by atoms with Crippen molar-refractivity contribution in [2.75, 3.05) is 0 Å². The molecule has 0 amide bonds. The number of alkyl halides is 3. The van der Waals surface area contributed by atoms with Crippen LogP contribution in [0.15, 0.2) is 24.5 Å². The van der Waals surface area contributed by atoms with Crippen molar-refractivity contribution in [2.45, 2.75) is 31.5 Å². The molecule has 2 N–H and O–H groups in total. The summed E-state index contributed by atoms with van der Waals surface area (Å²) in [4.78, 5) is 3.34. The summed E-state index contributed by atoms with van der Waals surface area (Å²) >= 11 is 0. The summed E-state index contributed by atoms with van der Waals surface area (Å²) in [5.41, 5.74) is 7.25. The number of hydrogen-bond donors (Lipinski definition) is 1. The number of pyridine rings is 1. The summed E-state index contributed by atoms with van der Waals surface area (Å²) in [6.07, 6.45) is 0.779. The molecule has 1 aliphatic carbocycles. The molecule has 1 aliphatic rings. The molecule has 2 aromatic heterocycles. The fourth-order valence-electron chi connectivity index (χ4n) is 2.38. The van der Waals surface area contributed by atoms with E-state index in [1.165, 1.54) is 10.7 Å². The van der Waals surface area contributed by atoms with Crippen molar-refractivity contribution < 1.29 is 13.2 Å². The van der Waals surface area contributed by atoms with E-state index in [2.05, 4.69) is 10.1 Å². The highest BCUT2D eigenvalue weighted by Gasteiger charge is 2.32. The first-order valence-corrected chi connectivity index (χ1v) is 6.30. The van der Waals surface area contributed by atoms with Crippen molar-refractivity contribution in [3.63, 3.8) is 0 Å². The highest BCUT2D eigenvalue weighted by atomic mass is 35.5. The predicted molar refractivity (Wildman–Crippen MR) is 73.6 cm³/mol. The van der Waals surface area contributed by atoms with Gasteiger partial charge in [0.05, 0.1) is 11.4 Å². The van der Waals surface area contributed by atoms with Gasteiger partial charge in [0.1, 0.15) is 5.69 Å². The summed E-state index contributed by atoms with van der Waals surface area (Å²) in [5, 5.41) is 4.34. The van der Waals surface area contributed by atoms with Gasteiger partial charge in [-0.15, -0.1) is 12.4 Å². The van der Waals surface area contributed by atoms with Gasteiger partial charge in [0, 0.05) is 18.4 Å². The first kappa shape index (κ1) is 15.8. The van der Waals surface area contributed by atoms with E-state index in [-0.39, 0.29) is 18.4 Å². The second kappa shape index (κ2) is 5.65. The number of aryl methyl sites for hydroxylation is 1. The lowest BCUT2D eigenvalue weighted by molar-refractivity contribution is -0.141. The number of fused-ring (bicyclic) bond motifs is 1. The Bertz CT molecular complexity index is 639. The minimum Gasteiger partial charge on any atom is -0.327 e. The van der Waals surface area contributed by atoms with Gasteiger partial charge in [-0.1, -0.05) is 0 Å². The van der Waals surface area contributed by atoms with Gasteiger partial charge in [-0.05, 0) is 37.0 Å². The van der Waals surface area contributed by atoms with Gasteiger partial charge in [0.25, 0.3) is 0 Å². The zero-order valence-corrected chi connectivity index (χ0v) is 11.8.